The van der Waals surface area contributed by atoms with E-state index in [4.69, 9.17) is 4.74 Å². The molecule has 0 radical (unpaired) electrons. The highest BCUT2D eigenvalue weighted by molar-refractivity contribution is 5.33. The molecular formula is C15H18N4O. The summed E-state index contributed by atoms with van der Waals surface area (Å²) in [7, 11) is 0. The summed E-state index contributed by atoms with van der Waals surface area (Å²) in [4.78, 5) is 12.7. The Balaban J connectivity index is 1.52. The maximum atomic E-state index is 5.61. The molecule has 0 aliphatic heterocycles. The van der Waals surface area contributed by atoms with E-state index in [2.05, 4.69) is 20.3 Å². The third-order valence-corrected chi connectivity index (χ3v) is 3.19. The van der Waals surface area contributed by atoms with Gasteiger partial charge in [0.05, 0.1) is 18.5 Å². The Morgan fingerprint density at radius 3 is 2.85 bits per heavy atom. The molecule has 2 aromatic heterocycles. The first-order chi connectivity index (χ1) is 9.79. The Morgan fingerprint density at radius 1 is 1.25 bits per heavy atom. The zero-order valence-electron chi connectivity index (χ0n) is 11.5. The Hall–Kier alpha value is -2.17. The fourth-order valence-electron chi connectivity index (χ4n) is 1.83. The van der Waals surface area contributed by atoms with Gasteiger partial charge in [-0.1, -0.05) is 6.07 Å². The van der Waals surface area contributed by atoms with Crippen molar-refractivity contribution in [3.05, 3.63) is 42.0 Å². The third-order valence-electron chi connectivity index (χ3n) is 3.19. The molecule has 104 valence electrons. The summed E-state index contributed by atoms with van der Waals surface area (Å²) < 4.78 is 5.61. The number of nitrogens with zero attached hydrogens (tertiary/aromatic N) is 3. The molecule has 1 saturated carbocycles. The van der Waals surface area contributed by atoms with Crippen molar-refractivity contribution in [2.75, 3.05) is 11.9 Å². The van der Waals surface area contributed by atoms with E-state index in [0.29, 0.717) is 12.4 Å². The van der Waals surface area contributed by atoms with E-state index in [9.17, 15) is 0 Å². The monoisotopic (exact) mass is 270 g/mol. The molecule has 0 unspecified atom stereocenters. The number of pyridine rings is 1. The zero-order valence-corrected chi connectivity index (χ0v) is 11.5. The van der Waals surface area contributed by atoms with Gasteiger partial charge in [-0.3, -0.25) is 4.98 Å². The molecule has 5 nitrogen and oxygen atoms in total. The van der Waals surface area contributed by atoms with Gasteiger partial charge in [-0.2, -0.15) is 0 Å². The lowest BCUT2D eigenvalue weighted by atomic mass is 10.3. The standard InChI is InChI=1S/C15H18N4O/c1-11-6-16-9-14(19-11)17-7-13-4-5-15(18-8-13)20-10-12-2-3-12/h4-6,8-9,12H,2-3,7,10H2,1H3,(H,17,19). The van der Waals surface area contributed by atoms with Gasteiger partial charge in [0.2, 0.25) is 5.88 Å². The summed E-state index contributed by atoms with van der Waals surface area (Å²) in [5.41, 5.74) is 1.99. The van der Waals surface area contributed by atoms with Crippen molar-refractivity contribution in [1.29, 1.82) is 0 Å². The van der Waals surface area contributed by atoms with Gasteiger partial charge in [0.1, 0.15) is 5.82 Å². The minimum Gasteiger partial charge on any atom is -0.477 e. The number of ether oxygens (including phenoxy) is 1. The van der Waals surface area contributed by atoms with Crippen molar-refractivity contribution < 1.29 is 4.74 Å². The van der Waals surface area contributed by atoms with Crippen molar-refractivity contribution in [1.82, 2.24) is 15.0 Å². The fourth-order valence-corrected chi connectivity index (χ4v) is 1.83. The van der Waals surface area contributed by atoms with E-state index in [1.807, 2.05) is 25.3 Å². The van der Waals surface area contributed by atoms with Crippen LogP contribution in [-0.4, -0.2) is 21.6 Å². The molecule has 0 saturated heterocycles. The first kappa shape index (κ1) is 12.8. The van der Waals surface area contributed by atoms with Gasteiger partial charge in [-0.25, -0.2) is 9.97 Å². The molecule has 2 aromatic rings. The van der Waals surface area contributed by atoms with Crippen molar-refractivity contribution in [3.8, 4) is 5.88 Å². The summed E-state index contributed by atoms with van der Waals surface area (Å²) >= 11 is 0. The Morgan fingerprint density at radius 2 is 2.15 bits per heavy atom. The van der Waals surface area contributed by atoms with Crippen LogP contribution in [0.5, 0.6) is 5.88 Å². The van der Waals surface area contributed by atoms with Gasteiger partial charge in [0.25, 0.3) is 0 Å². The number of rotatable bonds is 6. The highest BCUT2D eigenvalue weighted by Crippen LogP contribution is 2.29. The van der Waals surface area contributed by atoms with Gasteiger partial charge >= 0.3 is 0 Å². The normalized spacial score (nSPS) is 14.1. The van der Waals surface area contributed by atoms with Crippen LogP contribution >= 0.6 is 0 Å². The number of aryl methyl sites for hydroxylation is 1. The maximum absolute atomic E-state index is 5.61. The molecule has 1 fully saturated rings. The average Bonchev–Trinajstić information content (AvgIpc) is 3.28. The van der Waals surface area contributed by atoms with Crippen LogP contribution in [0, 0.1) is 12.8 Å². The molecule has 0 atom stereocenters. The predicted octanol–water partition coefficient (Wildman–Crippen LogP) is 2.58. The minimum absolute atomic E-state index is 0.675. The number of hydrogen-bond donors (Lipinski definition) is 1. The molecule has 1 N–H and O–H groups in total. The van der Waals surface area contributed by atoms with E-state index in [1.165, 1.54) is 12.8 Å². The lowest BCUT2D eigenvalue weighted by molar-refractivity contribution is 0.288. The predicted molar refractivity (Wildman–Crippen MR) is 76.6 cm³/mol. The van der Waals surface area contributed by atoms with E-state index in [0.717, 1.165) is 29.6 Å². The average molecular weight is 270 g/mol. The van der Waals surface area contributed by atoms with Gasteiger partial charge in [-0.05, 0) is 31.2 Å². The third kappa shape index (κ3) is 3.66. The number of aromatic nitrogens is 3. The summed E-state index contributed by atoms with van der Waals surface area (Å²) in [6.45, 7) is 3.39. The fraction of sp³-hybridized carbons (Fsp3) is 0.400. The number of nitrogens with one attached hydrogen (secondary N) is 1. The van der Waals surface area contributed by atoms with Crippen LogP contribution in [0.15, 0.2) is 30.7 Å². The zero-order chi connectivity index (χ0) is 13.8. The van der Waals surface area contributed by atoms with Gasteiger partial charge < -0.3 is 10.1 Å². The lowest BCUT2D eigenvalue weighted by Crippen LogP contribution is -2.04. The van der Waals surface area contributed by atoms with E-state index < -0.39 is 0 Å². The maximum Gasteiger partial charge on any atom is 0.213 e. The molecule has 0 aromatic carbocycles. The van der Waals surface area contributed by atoms with Crippen molar-refractivity contribution in [2.45, 2.75) is 26.3 Å². The molecule has 2 heterocycles. The van der Waals surface area contributed by atoms with Crippen molar-refractivity contribution in [2.24, 2.45) is 5.92 Å². The van der Waals surface area contributed by atoms with Gasteiger partial charge in [0.15, 0.2) is 0 Å². The second kappa shape index (κ2) is 5.86. The molecule has 1 aliphatic rings. The topological polar surface area (TPSA) is 59.9 Å². The molecular weight excluding hydrogens is 252 g/mol. The molecule has 0 spiro atoms. The van der Waals surface area contributed by atoms with Crippen LogP contribution in [0.25, 0.3) is 0 Å². The van der Waals surface area contributed by atoms with Crippen LogP contribution in [0.3, 0.4) is 0 Å². The van der Waals surface area contributed by atoms with E-state index in [1.54, 1.807) is 12.4 Å². The SMILES string of the molecule is Cc1cncc(NCc2ccc(OCC3CC3)nc2)n1. The summed E-state index contributed by atoms with van der Waals surface area (Å²) in [6.07, 6.45) is 7.86. The number of hydrogen-bond acceptors (Lipinski definition) is 5. The van der Waals surface area contributed by atoms with Crippen LogP contribution in [0.2, 0.25) is 0 Å². The van der Waals surface area contributed by atoms with Crippen LogP contribution in [0.1, 0.15) is 24.1 Å². The minimum atomic E-state index is 0.675. The second-order valence-corrected chi connectivity index (χ2v) is 5.16. The number of anilines is 1. The van der Waals surface area contributed by atoms with Gasteiger partial charge in [-0.15, -0.1) is 0 Å². The molecule has 5 heteroatoms. The molecule has 3 rings (SSSR count). The van der Waals surface area contributed by atoms with Crippen molar-refractivity contribution >= 4 is 5.82 Å². The van der Waals surface area contributed by atoms with Crippen molar-refractivity contribution in [3.63, 3.8) is 0 Å². The second-order valence-electron chi connectivity index (χ2n) is 5.16. The summed E-state index contributed by atoms with van der Waals surface area (Å²) in [5.74, 6) is 2.23. The quantitative estimate of drug-likeness (QED) is 0.874. The van der Waals surface area contributed by atoms with E-state index in [-0.39, 0.29) is 0 Å². The van der Waals surface area contributed by atoms with Crippen LogP contribution in [0.4, 0.5) is 5.82 Å². The molecule has 20 heavy (non-hydrogen) atoms. The highest BCUT2D eigenvalue weighted by atomic mass is 16.5. The molecule has 0 amide bonds. The Kier molecular flexibility index (Phi) is 3.76. The first-order valence-electron chi connectivity index (χ1n) is 6.90. The Bertz CT molecular complexity index is 566. The Labute approximate surface area is 118 Å². The molecule has 0 bridgehead atoms. The first-order valence-corrected chi connectivity index (χ1v) is 6.90. The smallest absolute Gasteiger partial charge is 0.213 e. The summed E-state index contributed by atoms with van der Waals surface area (Å²) in [6, 6.07) is 3.94. The van der Waals surface area contributed by atoms with E-state index >= 15 is 0 Å². The largest absolute Gasteiger partial charge is 0.477 e. The van der Waals surface area contributed by atoms with Gasteiger partial charge in [0, 0.05) is 25.0 Å². The molecule has 1 aliphatic carbocycles. The lowest BCUT2D eigenvalue weighted by Gasteiger charge is -2.07. The van der Waals surface area contributed by atoms with Crippen LogP contribution in [-0.2, 0) is 6.54 Å². The summed E-state index contributed by atoms with van der Waals surface area (Å²) in [5, 5.41) is 3.23. The highest BCUT2D eigenvalue weighted by Gasteiger charge is 2.21. The van der Waals surface area contributed by atoms with Crippen LogP contribution < -0.4 is 10.1 Å².